The summed E-state index contributed by atoms with van der Waals surface area (Å²) in [5, 5.41) is 3.29. The van der Waals surface area contributed by atoms with Crippen molar-refractivity contribution in [2.45, 2.75) is 6.92 Å². The smallest absolute Gasteiger partial charge is 0.231 e. The molecule has 1 N–H and O–H groups in total. The molecule has 0 aliphatic carbocycles. The first-order valence-corrected chi connectivity index (χ1v) is 5.70. The van der Waals surface area contributed by atoms with Crippen LogP contribution in [0.3, 0.4) is 0 Å². The van der Waals surface area contributed by atoms with E-state index in [2.05, 4.69) is 21.2 Å². The second-order valence-corrected chi connectivity index (χ2v) is 4.67. The Bertz CT molecular complexity index is 406. The highest BCUT2D eigenvalue weighted by molar-refractivity contribution is 9.10. The van der Waals surface area contributed by atoms with Crippen LogP contribution in [0.2, 0.25) is 0 Å². The molecule has 80 valence electrons. The minimum absolute atomic E-state index is 0.00861. The number of benzene rings is 1. The van der Waals surface area contributed by atoms with E-state index in [1.54, 1.807) is 4.90 Å². The van der Waals surface area contributed by atoms with E-state index in [1.807, 2.05) is 32.2 Å². The van der Waals surface area contributed by atoms with Crippen molar-refractivity contribution in [1.29, 1.82) is 0 Å². The van der Waals surface area contributed by atoms with Gasteiger partial charge in [0.05, 0.1) is 17.3 Å². The van der Waals surface area contributed by atoms with E-state index in [-0.39, 0.29) is 11.8 Å². The van der Waals surface area contributed by atoms with Gasteiger partial charge < -0.3 is 10.2 Å². The predicted molar refractivity (Wildman–Crippen MR) is 65.2 cm³/mol. The van der Waals surface area contributed by atoms with E-state index in [4.69, 9.17) is 0 Å². The molecule has 15 heavy (non-hydrogen) atoms. The fraction of sp³-hybridized carbons (Fsp3) is 0.364. The lowest BCUT2D eigenvalue weighted by molar-refractivity contribution is -0.121. The van der Waals surface area contributed by atoms with Crippen LogP contribution in [0.15, 0.2) is 22.7 Å². The molecule has 0 bridgehead atoms. The number of anilines is 2. The zero-order valence-corrected chi connectivity index (χ0v) is 10.3. The monoisotopic (exact) mass is 268 g/mol. The van der Waals surface area contributed by atoms with Crippen molar-refractivity contribution in [1.82, 2.24) is 0 Å². The fourth-order valence-electron chi connectivity index (χ4n) is 1.76. The summed E-state index contributed by atoms with van der Waals surface area (Å²) < 4.78 is 0.994. The SMILES string of the molecule is CC1CNc2c(Br)cccc2N(C)C1=O. The summed E-state index contributed by atoms with van der Waals surface area (Å²) in [5.74, 6) is 0.161. The Kier molecular flexibility index (Phi) is 2.69. The van der Waals surface area contributed by atoms with Gasteiger partial charge in [0.15, 0.2) is 0 Å². The highest BCUT2D eigenvalue weighted by Crippen LogP contribution is 2.35. The fourth-order valence-corrected chi connectivity index (χ4v) is 2.25. The van der Waals surface area contributed by atoms with Gasteiger partial charge in [-0.2, -0.15) is 0 Å². The van der Waals surface area contributed by atoms with Crippen molar-refractivity contribution in [2.24, 2.45) is 5.92 Å². The van der Waals surface area contributed by atoms with Crippen molar-refractivity contribution in [3.8, 4) is 0 Å². The number of amides is 1. The maximum absolute atomic E-state index is 11.9. The highest BCUT2D eigenvalue weighted by Gasteiger charge is 2.25. The summed E-state index contributed by atoms with van der Waals surface area (Å²) in [6, 6.07) is 5.85. The van der Waals surface area contributed by atoms with Gasteiger partial charge in [0.2, 0.25) is 5.91 Å². The molecule has 1 aromatic carbocycles. The minimum Gasteiger partial charge on any atom is -0.382 e. The molecule has 1 atom stereocenters. The van der Waals surface area contributed by atoms with Crippen molar-refractivity contribution >= 4 is 33.2 Å². The molecule has 0 saturated carbocycles. The lowest BCUT2D eigenvalue weighted by Crippen LogP contribution is -2.31. The van der Waals surface area contributed by atoms with E-state index in [9.17, 15) is 4.79 Å². The van der Waals surface area contributed by atoms with Gasteiger partial charge in [-0.05, 0) is 28.1 Å². The van der Waals surface area contributed by atoms with Crippen LogP contribution in [-0.2, 0) is 4.79 Å². The van der Waals surface area contributed by atoms with Crippen LogP contribution in [0.5, 0.6) is 0 Å². The zero-order valence-electron chi connectivity index (χ0n) is 8.75. The summed E-state index contributed by atoms with van der Waals surface area (Å²) >= 11 is 3.48. The molecule has 1 heterocycles. The van der Waals surface area contributed by atoms with Gasteiger partial charge in [0.1, 0.15) is 0 Å². The van der Waals surface area contributed by atoms with E-state index < -0.39 is 0 Å². The number of carbonyl (C=O) groups is 1. The Balaban J connectivity index is 2.52. The molecule has 1 aromatic rings. The van der Waals surface area contributed by atoms with Gasteiger partial charge in [-0.25, -0.2) is 0 Å². The Hall–Kier alpha value is -1.03. The average Bonchev–Trinajstić information content (AvgIpc) is 2.33. The third kappa shape index (κ3) is 1.74. The van der Waals surface area contributed by atoms with Crippen LogP contribution in [0.1, 0.15) is 6.92 Å². The number of hydrogen-bond donors (Lipinski definition) is 1. The van der Waals surface area contributed by atoms with Crippen LogP contribution >= 0.6 is 15.9 Å². The molecule has 3 nitrogen and oxygen atoms in total. The molecular weight excluding hydrogens is 256 g/mol. The van der Waals surface area contributed by atoms with E-state index >= 15 is 0 Å². The number of halogens is 1. The Labute approximate surface area is 97.6 Å². The summed E-state index contributed by atoms with van der Waals surface area (Å²) in [5.41, 5.74) is 1.93. The first kappa shape index (κ1) is 10.5. The molecule has 1 unspecified atom stereocenters. The molecule has 0 spiro atoms. The van der Waals surface area contributed by atoms with Crippen molar-refractivity contribution < 1.29 is 4.79 Å². The number of nitrogens with zero attached hydrogens (tertiary/aromatic N) is 1. The van der Waals surface area contributed by atoms with Gasteiger partial charge in [-0.1, -0.05) is 13.0 Å². The number of carbonyl (C=O) groups excluding carboxylic acids is 1. The van der Waals surface area contributed by atoms with E-state index in [0.29, 0.717) is 6.54 Å². The maximum atomic E-state index is 11.9. The van der Waals surface area contributed by atoms with Crippen LogP contribution in [0.4, 0.5) is 11.4 Å². The van der Waals surface area contributed by atoms with E-state index in [1.165, 1.54) is 0 Å². The highest BCUT2D eigenvalue weighted by atomic mass is 79.9. The number of nitrogens with one attached hydrogen (secondary N) is 1. The lowest BCUT2D eigenvalue weighted by Gasteiger charge is -2.18. The summed E-state index contributed by atoms with van der Waals surface area (Å²) in [6.07, 6.45) is 0. The minimum atomic E-state index is 0.00861. The standard InChI is InChI=1S/C11H13BrN2O/c1-7-6-13-10-8(12)4-3-5-9(10)14(2)11(7)15/h3-5,7,13H,6H2,1-2H3. The largest absolute Gasteiger partial charge is 0.382 e. The summed E-state index contributed by atoms with van der Waals surface area (Å²) in [7, 11) is 1.82. The van der Waals surface area contributed by atoms with Gasteiger partial charge in [-0.3, -0.25) is 4.79 Å². The molecule has 0 aromatic heterocycles. The number of fused-ring (bicyclic) bond motifs is 1. The Morgan fingerprint density at radius 3 is 3.00 bits per heavy atom. The molecule has 1 amide bonds. The average molecular weight is 269 g/mol. The summed E-state index contributed by atoms with van der Waals surface area (Å²) in [6.45, 7) is 2.62. The second kappa shape index (κ2) is 3.85. The molecule has 0 saturated heterocycles. The maximum Gasteiger partial charge on any atom is 0.231 e. The second-order valence-electron chi connectivity index (χ2n) is 3.81. The van der Waals surface area contributed by atoms with E-state index in [0.717, 1.165) is 15.8 Å². The van der Waals surface area contributed by atoms with Gasteiger partial charge in [0.25, 0.3) is 0 Å². The predicted octanol–water partition coefficient (Wildman–Crippen LogP) is 2.47. The lowest BCUT2D eigenvalue weighted by atomic mass is 10.1. The van der Waals surface area contributed by atoms with Gasteiger partial charge >= 0.3 is 0 Å². The number of hydrogen-bond acceptors (Lipinski definition) is 2. The molecule has 0 radical (unpaired) electrons. The third-order valence-corrected chi connectivity index (χ3v) is 3.35. The number of rotatable bonds is 0. The van der Waals surface area contributed by atoms with Gasteiger partial charge in [-0.15, -0.1) is 0 Å². The van der Waals surface area contributed by atoms with Crippen LogP contribution in [0, 0.1) is 5.92 Å². The van der Waals surface area contributed by atoms with Crippen molar-refractivity contribution in [3.63, 3.8) is 0 Å². The molecule has 1 aliphatic heterocycles. The topological polar surface area (TPSA) is 32.3 Å². The summed E-state index contributed by atoms with van der Waals surface area (Å²) in [4.78, 5) is 13.6. The first-order valence-electron chi connectivity index (χ1n) is 4.91. The molecule has 2 rings (SSSR count). The molecular formula is C11H13BrN2O. The van der Waals surface area contributed by atoms with Crippen molar-refractivity contribution in [2.75, 3.05) is 23.8 Å². The Morgan fingerprint density at radius 2 is 2.27 bits per heavy atom. The molecule has 1 aliphatic rings. The third-order valence-electron chi connectivity index (χ3n) is 2.69. The van der Waals surface area contributed by atoms with Crippen LogP contribution < -0.4 is 10.2 Å². The first-order chi connectivity index (χ1) is 7.11. The van der Waals surface area contributed by atoms with Crippen molar-refractivity contribution in [3.05, 3.63) is 22.7 Å². The normalized spacial score (nSPS) is 20.6. The quantitative estimate of drug-likeness (QED) is 0.784. The molecule has 4 heteroatoms. The van der Waals surface area contributed by atoms with Crippen LogP contribution in [-0.4, -0.2) is 19.5 Å². The molecule has 0 fully saturated rings. The Morgan fingerprint density at radius 1 is 1.53 bits per heavy atom. The number of para-hydroxylation sites is 1. The van der Waals surface area contributed by atoms with Gasteiger partial charge in [0, 0.05) is 18.1 Å². The van der Waals surface area contributed by atoms with Crippen LogP contribution in [0.25, 0.3) is 0 Å². The zero-order chi connectivity index (χ0) is 11.0.